The zero-order valence-electron chi connectivity index (χ0n) is 18.8. The van der Waals surface area contributed by atoms with E-state index in [1.54, 1.807) is 6.07 Å². The lowest BCUT2D eigenvalue weighted by Gasteiger charge is -2.22. The molecule has 0 amide bonds. The molecule has 1 atom stereocenters. The van der Waals surface area contributed by atoms with Gasteiger partial charge in [-0.05, 0) is 37.1 Å². The maximum atomic E-state index is 10.8. The van der Waals surface area contributed by atoms with E-state index in [1.807, 2.05) is 66.7 Å². The summed E-state index contributed by atoms with van der Waals surface area (Å²) in [6.07, 6.45) is 2.03. The topological polar surface area (TPSA) is 75.8 Å². The average Bonchev–Trinajstić information content (AvgIpc) is 3.51. The molecule has 5 rings (SSSR count). The Bertz CT molecular complexity index is 1200. The summed E-state index contributed by atoms with van der Waals surface area (Å²) in [6, 6.07) is 27.9. The molecule has 0 unspecified atom stereocenters. The van der Waals surface area contributed by atoms with Gasteiger partial charge in [-0.2, -0.15) is 0 Å². The van der Waals surface area contributed by atoms with Crippen LogP contribution in [0, 0.1) is 0 Å². The van der Waals surface area contributed by atoms with Crippen molar-refractivity contribution in [1.29, 1.82) is 0 Å². The lowest BCUT2D eigenvalue weighted by Crippen LogP contribution is -2.23. The minimum Gasteiger partial charge on any atom is -0.482 e. The second kappa shape index (κ2) is 9.93. The molecular formula is C28H26N2O4. The second-order valence-electron chi connectivity index (χ2n) is 8.42. The number of aliphatic carboxylic acids is 1. The van der Waals surface area contributed by atoms with Crippen LogP contribution in [0.1, 0.15) is 30.3 Å². The summed E-state index contributed by atoms with van der Waals surface area (Å²) >= 11 is 0. The molecule has 3 aromatic carbocycles. The number of carbonyl (C=O) groups is 1. The molecule has 1 saturated heterocycles. The van der Waals surface area contributed by atoms with E-state index in [1.165, 1.54) is 0 Å². The molecule has 0 saturated carbocycles. The number of oxazole rings is 1. The molecule has 1 aromatic heterocycles. The van der Waals surface area contributed by atoms with Crippen molar-refractivity contribution in [3.63, 3.8) is 0 Å². The monoisotopic (exact) mass is 454 g/mol. The van der Waals surface area contributed by atoms with E-state index in [2.05, 4.69) is 17.0 Å². The largest absolute Gasteiger partial charge is 0.482 e. The summed E-state index contributed by atoms with van der Waals surface area (Å²) in [5.41, 5.74) is 3.96. The summed E-state index contributed by atoms with van der Waals surface area (Å²) < 4.78 is 11.8. The van der Waals surface area contributed by atoms with Crippen LogP contribution < -0.4 is 4.74 Å². The molecule has 6 nitrogen and oxygen atoms in total. The molecular weight excluding hydrogens is 428 g/mol. The highest BCUT2D eigenvalue weighted by atomic mass is 16.5. The molecule has 0 radical (unpaired) electrons. The van der Waals surface area contributed by atoms with Crippen LogP contribution >= 0.6 is 0 Å². The van der Waals surface area contributed by atoms with Crippen LogP contribution in [-0.4, -0.2) is 34.1 Å². The van der Waals surface area contributed by atoms with Gasteiger partial charge in [0.15, 0.2) is 12.4 Å². The van der Waals surface area contributed by atoms with Crippen molar-refractivity contribution < 1.29 is 19.1 Å². The fourth-order valence-electron chi connectivity index (χ4n) is 4.46. The van der Waals surface area contributed by atoms with E-state index in [9.17, 15) is 4.79 Å². The summed E-state index contributed by atoms with van der Waals surface area (Å²) in [5.74, 6) is 1.09. The van der Waals surface area contributed by atoms with Crippen LogP contribution in [0.2, 0.25) is 0 Å². The van der Waals surface area contributed by atoms with E-state index >= 15 is 0 Å². The second-order valence-corrected chi connectivity index (χ2v) is 8.42. The van der Waals surface area contributed by atoms with E-state index < -0.39 is 5.97 Å². The van der Waals surface area contributed by atoms with E-state index in [-0.39, 0.29) is 12.6 Å². The van der Waals surface area contributed by atoms with Crippen molar-refractivity contribution in [3.05, 3.63) is 96.4 Å². The molecule has 4 aromatic rings. The Kier molecular flexibility index (Phi) is 6.40. The Morgan fingerprint density at radius 3 is 2.47 bits per heavy atom. The third-order valence-electron chi connectivity index (χ3n) is 6.02. The maximum absolute atomic E-state index is 10.8. The summed E-state index contributed by atoms with van der Waals surface area (Å²) in [7, 11) is 0. The van der Waals surface area contributed by atoms with Crippen LogP contribution in [0.3, 0.4) is 0 Å². The van der Waals surface area contributed by atoms with Crippen LogP contribution in [0.5, 0.6) is 5.75 Å². The first-order valence-electron chi connectivity index (χ1n) is 11.5. The van der Waals surface area contributed by atoms with Gasteiger partial charge in [0.2, 0.25) is 5.89 Å². The van der Waals surface area contributed by atoms with Crippen molar-refractivity contribution in [2.24, 2.45) is 0 Å². The van der Waals surface area contributed by atoms with Gasteiger partial charge in [0.1, 0.15) is 11.4 Å². The lowest BCUT2D eigenvalue weighted by atomic mass is 10.1. The zero-order valence-corrected chi connectivity index (χ0v) is 18.8. The summed E-state index contributed by atoms with van der Waals surface area (Å²) in [6.45, 7) is 1.30. The average molecular weight is 455 g/mol. The quantitative estimate of drug-likeness (QED) is 0.362. The van der Waals surface area contributed by atoms with Crippen LogP contribution in [0.15, 0.2) is 89.3 Å². The Morgan fingerprint density at radius 1 is 1.00 bits per heavy atom. The van der Waals surface area contributed by atoms with Gasteiger partial charge in [-0.1, -0.05) is 72.8 Å². The minimum absolute atomic E-state index is 0.0727. The Morgan fingerprint density at radius 2 is 1.74 bits per heavy atom. The van der Waals surface area contributed by atoms with Gasteiger partial charge in [0.05, 0.1) is 6.04 Å². The van der Waals surface area contributed by atoms with Gasteiger partial charge in [-0.3, -0.25) is 4.90 Å². The number of nitrogens with zero attached hydrogens (tertiary/aromatic N) is 2. The van der Waals surface area contributed by atoms with Crippen molar-refractivity contribution >= 4 is 5.97 Å². The highest BCUT2D eigenvalue weighted by Crippen LogP contribution is 2.39. The molecule has 2 heterocycles. The third kappa shape index (κ3) is 4.87. The van der Waals surface area contributed by atoms with Crippen molar-refractivity contribution in [2.45, 2.75) is 25.4 Å². The molecule has 1 fully saturated rings. The molecule has 0 bridgehead atoms. The van der Waals surface area contributed by atoms with Gasteiger partial charge in [0, 0.05) is 17.7 Å². The van der Waals surface area contributed by atoms with Crippen LogP contribution in [-0.2, 0) is 11.3 Å². The molecule has 172 valence electrons. The van der Waals surface area contributed by atoms with Gasteiger partial charge in [-0.25, -0.2) is 9.78 Å². The Hall–Kier alpha value is -3.90. The predicted octanol–water partition coefficient (Wildman–Crippen LogP) is 5.81. The predicted molar refractivity (Wildman–Crippen MR) is 129 cm³/mol. The minimum atomic E-state index is -0.989. The maximum Gasteiger partial charge on any atom is 0.341 e. The number of rotatable bonds is 8. The van der Waals surface area contributed by atoms with Crippen LogP contribution in [0.25, 0.3) is 22.6 Å². The number of carboxylic acid groups (broad SMARTS) is 1. The van der Waals surface area contributed by atoms with E-state index in [0.29, 0.717) is 12.3 Å². The van der Waals surface area contributed by atoms with E-state index in [4.69, 9.17) is 19.2 Å². The number of benzene rings is 3. The Balaban J connectivity index is 1.43. The number of hydrogen-bond donors (Lipinski definition) is 1. The fraction of sp³-hybridized carbons (Fsp3) is 0.214. The lowest BCUT2D eigenvalue weighted by molar-refractivity contribution is -0.139. The first-order valence-corrected chi connectivity index (χ1v) is 11.5. The summed E-state index contributed by atoms with van der Waals surface area (Å²) in [4.78, 5) is 18.2. The van der Waals surface area contributed by atoms with Crippen molar-refractivity contribution in [3.8, 4) is 28.3 Å². The molecule has 0 aliphatic carbocycles. The van der Waals surface area contributed by atoms with Crippen molar-refractivity contribution in [1.82, 2.24) is 9.88 Å². The fourth-order valence-corrected chi connectivity index (χ4v) is 4.46. The zero-order chi connectivity index (χ0) is 23.3. The number of carboxylic acids is 1. The molecule has 34 heavy (non-hydrogen) atoms. The normalized spacial score (nSPS) is 15.9. The number of likely N-dealkylation sites (tertiary alicyclic amines) is 1. The number of ether oxygens (including phenoxy) is 1. The molecule has 6 heteroatoms. The number of aromatic nitrogens is 1. The van der Waals surface area contributed by atoms with Gasteiger partial charge in [0.25, 0.3) is 0 Å². The molecule has 1 aliphatic heterocycles. The van der Waals surface area contributed by atoms with Crippen molar-refractivity contribution in [2.75, 3.05) is 13.2 Å². The number of hydrogen-bond acceptors (Lipinski definition) is 5. The highest BCUT2D eigenvalue weighted by molar-refractivity contribution is 5.76. The summed E-state index contributed by atoms with van der Waals surface area (Å²) in [5, 5.41) is 8.87. The standard InChI is InChI=1S/C28H26N2O4/c31-25(32)19-33-23-14-7-9-20(17-23)18-30-16-8-15-24(30)28-29-26(21-10-3-1-4-11-21)27(34-28)22-12-5-2-6-13-22/h1-7,9-14,17,24H,8,15-16,18-19H2,(H,31,32)/t24-/m0/s1. The molecule has 1 aliphatic rings. The SMILES string of the molecule is O=C(O)COc1cccc(CN2CCC[C@H]2c2nc(-c3ccccc3)c(-c3ccccc3)o2)c1. The van der Waals surface area contributed by atoms with Gasteiger partial charge >= 0.3 is 5.97 Å². The smallest absolute Gasteiger partial charge is 0.341 e. The first-order chi connectivity index (χ1) is 16.7. The van der Waals surface area contributed by atoms with Gasteiger partial charge < -0.3 is 14.3 Å². The molecule has 0 spiro atoms. The Labute approximate surface area is 198 Å². The highest BCUT2D eigenvalue weighted by Gasteiger charge is 2.31. The van der Waals surface area contributed by atoms with Crippen LogP contribution in [0.4, 0.5) is 0 Å². The van der Waals surface area contributed by atoms with Gasteiger partial charge in [-0.15, -0.1) is 0 Å². The third-order valence-corrected chi connectivity index (χ3v) is 6.02. The first kappa shape index (κ1) is 21.9. The van der Waals surface area contributed by atoms with E-state index in [0.717, 1.165) is 53.4 Å². The molecule has 1 N–H and O–H groups in total.